The van der Waals surface area contributed by atoms with Crippen LogP contribution in [-0.4, -0.2) is 60.9 Å². The van der Waals surface area contributed by atoms with Gasteiger partial charge in [0.2, 0.25) is 0 Å². The number of methoxy groups -OCH3 is 1. The second-order valence-corrected chi connectivity index (χ2v) is 8.80. The summed E-state index contributed by atoms with van der Waals surface area (Å²) < 4.78 is 5.17. The van der Waals surface area contributed by atoms with Gasteiger partial charge in [-0.25, -0.2) is 4.79 Å². The Bertz CT molecular complexity index is 839. The number of hydrogen-bond acceptors (Lipinski definition) is 5. The monoisotopic (exact) mass is 368 g/mol. The van der Waals surface area contributed by atoms with Gasteiger partial charge in [-0.2, -0.15) is 0 Å². The molecule has 0 bridgehead atoms. The SMILES string of the molecule is CCC12C=CCN3CCC4(c5ccccc5N(C)C4C(O)(C(=O)OC)C1)C32. The van der Waals surface area contributed by atoms with Gasteiger partial charge in [-0.1, -0.05) is 37.3 Å². The molecule has 1 aromatic rings. The summed E-state index contributed by atoms with van der Waals surface area (Å²) >= 11 is 0. The third-order valence-corrected chi connectivity index (χ3v) is 7.91. The number of fused-ring (bicyclic) bond motifs is 1. The van der Waals surface area contributed by atoms with Crippen LogP contribution in [0, 0.1) is 5.41 Å². The molecule has 3 aliphatic heterocycles. The highest BCUT2D eigenvalue weighted by Gasteiger charge is 2.75. The van der Waals surface area contributed by atoms with Gasteiger partial charge < -0.3 is 14.7 Å². The largest absolute Gasteiger partial charge is 0.467 e. The lowest BCUT2D eigenvalue weighted by Gasteiger charge is -2.60. The number of nitrogens with zero attached hydrogens (tertiary/aromatic N) is 2. The number of likely N-dealkylation sites (N-methyl/N-ethyl adjacent to an activating group) is 1. The van der Waals surface area contributed by atoms with Gasteiger partial charge in [0.15, 0.2) is 5.60 Å². The highest BCUT2D eigenvalue weighted by Crippen LogP contribution is 2.66. The summed E-state index contributed by atoms with van der Waals surface area (Å²) in [5, 5.41) is 11.9. The van der Waals surface area contributed by atoms with Crippen molar-refractivity contribution in [3.05, 3.63) is 42.0 Å². The van der Waals surface area contributed by atoms with Gasteiger partial charge in [0.1, 0.15) is 0 Å². The maximum atomic E-state index is 13.0. The van der Waals surface area contributed by atoms with Crippen LogP contribution in [0.5, 0.6) is 0 Å². The molecule has 5 atom stereocenters. The Labute approximate surface area is 160 Å². The molecule has 0 amide bonds. The first-order valence-electron chi connectivity index (χ1n) is 9.99. The van der Waals surface area contributed by atoms with Crippen molar-refractivity contribution in [3.63, 3.8) is 0 Å². The number of esters is 1. The van der Waals surface area contributed by atoms with Crippen molar-refractivity contribution in [2.75, 3.05) is 32.1 Å². The second-order valence-electron chi connectivity index (χ2n) is 8.80. The minimum atomic E-state index is -1.54. The highest BCUT2D eigenvalue weighted by molar-refractivity contribution is 5.85. The van der Waals surface area contributed by atoms with Crippen molar-refractivity contribution in [3.8, 4) is 0 Å². The molecule has 1 saturated carbocycles. The fraction of sp³-hybridized carbons (Fsp3) is 0.591. The number of hydrogen-bond donors (Lipinski definition) is 1. The molecule has 1 N–H and O–H groups in total. The fourth-order valence-electron chi connectivity index (χ4n) is 7.18. The van der Waals surface area contributed by atoms with Crippen LogP contribution in [0.25, 0.3) is 0 Å². The van der Waals surface area contributed by atoms with E-state index in [2.05, 4.69) is 47.1 Å². The van der Waals surface area contributed by atoms with Gasteiger partial charge in [0, 0.05) is 36.2 Å². The lowest BCUT2D eigenvalue weighted by molar-refractivity contribution is -0.181. The number of ether oxygens (including phenoxy) is 1. The third kappa shape index (κ3) is 1.80. The summed E-state index contributed by atoms with van der Waals surface area (Å²) in [4.78, 5) is 17.7. The fourth-order valence-corrected chi connectivity index (χ4v) is 7.18. The van der Waals surface area contributed by atoms with Crippen molar-refractivity contribution in [2.24, 2.45) is 5.41 Å². The van der Waals surface area contributed by atoms with Crippen molar-refractivity contribution >= 4 is 11.7 Å². The van der Waals surface area contributed by atoms with E-state index in [0.717, 1.165) is 31.6 Å². The second kappa shape index (κ2) is 5.36. The summed E-state index contributed by atoms with van der Waals surface area (Å²) in [5.74, 6) is -0.504. The molecule has 0 aromatic heterocycles. The lowest BCUT2D eigenvalue weighted by atomic mass is 9.49. The Kier molecular flexibility index (Phi) is 3.43. The Morgan fingerprint density at radius 1 is 1.33 bits per heavy atom. The Morgan fingerprint density at radius 3 is 2.85 bits per heavy atom. The van der Waals surface area contributed by atoms with Crippen LogP contribution in [-0.2, 0) is 14.9 Å². The van der Waals surface area contributed by atoms with Crippen molar-refractivity contribution in [2.45, 2.75) is 49.3 Å². The Morgan fingerprint density at radius 2 is 2.11 bits per heavy atom. The normalized spacial score (nSPS) is 41.9. The molecule has 5 nitrogen and oxygen atoms in total. The number of anilines is 1. The van der Waals surface area contributed by atoms with Crippen molar-refractivity contribution < 1.29 is 14.6 Å². The molecule has 0 radical (unpaired) electrons. The van der Waals surface area contributed by atoms with E-state index < -0.39 is 11.6 Å². The van der Waals surface area contributed by atoms with Gasteiger partial charge >= 0.3 is 5.97 Å². The average Bonchev–Trinajstić information content (AvgIpc) is 3.20. The maximum Gasteiger partial charge on any atom is 0.340 e. The van der Waals surface area contributed by atoms with Crippen LogP contribution < -0.4 is 4.90 Å². The third-order valence-electron chi connectivity index (χ3n) is 7.91. The van der Waals surface area contributed by atoms with Crippen LogP contribution in [0.2, 0.25) is 0 Å². The van der Waals surface area contributed by atoms with E-state index in [9.17, 15) is 9.90 Å². The number of carbonyl (C=O) groups excluding carboxylic acids is 1. The number of carbonyl (C=O) groups is 1. The quantitative estimate of drug-likeness (QED) is 0.640. The molecular formula is C22H28N2O3. The lowest BCUT2D eigenvalue weighted by Crippen LogP contribution is -2.74. The number of rotatable bonds is 2. The van der Waals surface area contributed by atoms with Gasteiger partial charge in [-0.05, 0) is 37.4 Å². The summed E-state index contributed by atoms with van der Waals surface area (Å²) in [6.45, 7) is 4.12. The number of benzene rings is 1. The zero-order valence-corrected chi connectivity index (χ0v) is 16.3. The standard InChI is InChI=1S/C22H28N2O3/c1-4-20-10-7-12-24-13-11-21(17(20)24)15-8-5-6-9-16(15)23(2)18(21)22(26,14-20)19(25)27-3/h5-10,17-18,26H,4,11-14H2,1-3H3. The van der Waals surface area contributed by atoms with Gasteiger partial charge in [0.05, 0.1) is 13.2 Å². The van der Waals surface area contributed by atoms with Crippen LogP contribution in [0.15, 0.2) is 36.4 Å². The summed E-state index contributed by atoms with van der Waals surface area (Å²) in [5.41, 5.74) is 0.375. The molecule has 5 heteroatoms. The molecule has 4 aliphatic rings. The van der Waals surface area contributed by atoms with Gasteiger partial charge in [0.25, 0.3) is 0 Å². The summed E-state index contributed by atoms with van der Waals surface area (Å²) in [6.07, 6.45) is 6.76. The van der Waals surface area contributed by atoms with E-state index in [1.165, 1.54) is 12.7 Å². The van der Waals surface area contributed by atoms with Crippen LogP contribution in [0.3, 0.4) is 0 Å². The number of para-hydroxylation sites is 1. The summed E-state index contributed by atoms with van der Waals surface area (Å²) in [6, 6.07) is 8.44. The molecule has 1 saturated heterocycles. The average molecular weight is 368 g/mol. The molecule has 1 spiro atoms. The molecular weight excluding hydrogens is 340 g/mol. The van der Waals surface area contributed by atoms with Gasteiger partial charge in [-0.3, -0.25) is 4.90 Å². The van der Waals surface area contributed by atoms with Crippen LogP contribution >= 0.6 is 0 Å². The Balaban J connectivity index is 1.83. The summed E-state index contributed by atoms with van der Waals surface area (Å²) in [7, 11) is 3.41. The van der Waals surface area contributed by atoms with E-state index in [1.54, 1.807) is 0 Å². The first kappa shape index (κ1) is 17.3. The molecule has 144 valence electrons. The van der Waals surface area contributed by atoms with E-state index in [1.807, 2.05) is 13.1 Å². The van der Waals surface area contributed by atoms with Crippen LogP contribution in [0.4, 0.5) is 5.69 Å². The molecule has 5 rings (SSSR count). The number of aliphatic hydroxyl groups is 1. The zero-order valence-electron chi connectivity index (χ0n) is 16.3. The molecule has 3 heterocycles. The molecule has 1 aliphatic carbocycles. The molecule has 5 unspecified atom stereocenters. The van der Waals surface area contributed by atoms with Gasteiger partial charge in [-0.15, -0.1) is 0 Å². The van der Waals surface area contributed by atoms with E-state index in [4.69, 9.17) is 4.74 Å². The predicted molar refractivity (Wildman–Crippen MR) is 104 cm³/mol. The van der Waals surface area contributed by atoms with Crippen molar-refractivity contribution in [1.29, 1.82) is 0 Å². The van der Waals surface area contributed by atoms with E-state index in [-0.39, 0.29) is 16.9 Å². The smallest absolute Gasteiger partial charge is 0.340 e. The minimum Gasteiger partial charge on any atom is -0.467 e. The first-order valence-corrected chi connectivity index (χ1v) is 9.99. The van der Waals surface area contributed by atoms with Crippen LogP contribution in [0.1, 0.15) is 31.7 Å². The zero-order chi connectivity index (χ0) is 19.0. The maximum absolute atomic E-state index is 13.0. The first-order chi connectivity index (χ1) is 12.9. The van der Waals surface area contributed by atoms with Crippen molar-refractivity contribution in [1.82, 2.24) is 4.90 Å². The molecule has 1 aromatic carbocycles. The molecule has 27 heavy (non-hydrogen) atoms. The Hall–Kier alpha value is -1.85. The van der Waals surface area contributed by atoms with E-state index >= 15 is 0 Å². The molecule has 2 fully saturated rings. The minimum absolute atomic E-state index is 0.230. The van der Waals surface area contributed by atoms with E-state index in [0.29, 0.717) is 12.5 Å². The predicted octanol–water partition coefficient (Wildman–Crippen LogP) is 2.09. The highest BCUT2D eigenvalue weighted by atomic mass is 16.5. The topological polar surface area (TPSA) is 53.0 Å².